The molecule has 0 heterocycles. The van der Waals surface area contributed by atoms with Gasteiger partial charge in [0, 0.05) is 17.4 Å². The number of aliphatic hydroxyl groups excluding tert-OH is 1. The molecule has 2 saturated carbocycles. The fourth-order valence-electron chi connectivity index (χ4n) is 4.93. The summed E-state index contributed by atoms with van der Waals surface area (Å²) in [6.07, 6.45) is 3.39. The van der Waals surface area contributed by atoms with Gasteiger partial charge in [0.15, 0.2) is 0 Å². The Kier molecular flexibility index (Phi) is 5.01. The Hall–Kier alpha value is -0.970. The molecule has 1 aromatic rings. The van der Waals surface area contributed by atoms with Crippen LogP contribution in [-0.2, 0) is 11.3 Å². The maximum Gasteiger partial charge on any atom is 0.128 e. The van der Waals surface area contributed by atoms with Crippen molar-refractivity contribution in [3.8, 4) is 0 Å². The lowest BCUT2D eigenvalue weighted by Crippen LogP contribution is -2.94. The molecular weight excluding hydrogens is 305 g/mol. The van der Waals surface area contributed by atoms with Crippen molar-refractivity contribution in [2.75, 3.05) is 13.2 Å². The Morgan fingerprint density at radius 3 is 2.71 bits per heavy atom. The van der Waals surface area contributed by atoms with Crippen molar-refractivity contribution in [1.82, 2.24) is 0 Å². The second-order valence-electron chi connectivity index (χ2n) is 8.45. The van der Waals surface area contributed by atoms with Gasteiger partial charge in [-0.2, -0.15) is 0 Å². The third kappa shape index (κ3) is 3.12. The molecule has 4 atom stereocenters. The summed E-state index contributed by atoms with van der Waals surface area (Å²) in [5, 5.41) is 12.5. The highest BCUT2D eigenvalue weighted by atomic mass is 19.1. The zero-order chi connectivity index (χ0) is 17.4. The Morgan fingerprint density at radius 1 is 1.33 bits per heavy atom. The molecule has 1 aromatic carbocycles. The molecule has 3 rings (SSSR count). The molecule has 0 spiro atoms. The fraction of sp³-hybridized carbons (Fsp3) is 0.700. The van der Waals surface area contributed by atoms with Crippen molar-refractivity contribution < 1.29 is 19.6 Å². The number of ether oxygens (including phenoxy) is 1. The van der Waals surface area contributed by atoms with Crippen LogP contribution in [0, 0.1) is 22.6 Å². The Bertz CT molecular complexity index is 577. The van der Waals surface area contributed by atoms with E-state index in [9.17, 15) is 9.50 Å². The highest BCUT2D eigenvalue weighted by Gasteiger charge is 2.63. The zero-order valence-corrected chi connectivity index (χ0v) is 15.1. The number of fused-ring (bicyclic) bond motifs is 2. The van der Waals surface area contributed by atoms with Crippen molar-refractivity contribution in [2.45, 2.75) is 58.8 Å². The van der Waals surface area contributed by atoms with E-state index in [2.05, 4.69) is 26.1 Å². The summed E-state index contributed by atoms with van der Waals surface area (Å²) in [5.74, 6) is 0.564. The van der Waals surface area contributed by atoms with Crippen LogP contribution in [0.4, 0.5) is 4.39 Å². The summed E-state index contributed by atoms with van der Waals surface area (Å²) < 4.78 is 19.0. The Morgan fingerprint density at radius 2 is 2.08 bits per heavy atom. The highest BCUT2D eigenvalue weighted by molar-refractivity contribution is 5.16. The number of rotatable bonds is 7. The lowest BCUT2D eigenvalue weighted by molar-refractivity contribution is -0.707. The largest absolute Gasteiger partial charge is 0.385 e. The Balaban J connectivity index is 1.42. The van der Waals surface area contributed by atoms with Gasteiger partial charge in [0.1, 0.15) is 18.5 Å². The number of hydrogen-bond donors (Lipinski definition) is 2. The number of halogens is 1. The summed E-state index contributed by atoms with van der Waals surface area (Å²) in [7, 11) is 0. The molecule has 2 aliphatic carbocycles. The van der Waals surface area contributed by atoms with Crippen molar-refractivity contribution >= 4 is 0 Å². The van der Waals surface area contributed by atoms with Crippen LogP contribution in [0.2, 0.25) is 0 Å². The van der Waals surface area contributed by atoms with Gasteiger partial charge in [-0.3, -0.25) is 0 Å². The van der Waals surface area contributed by atoms with Crippen molar-refractivity contribution in [1.29, 1.82) is 0 Å². The van der Waals surface area contributed by atoms with Gasteiger partial charge in [0.05, 0.1) is 19.3 Å². The fourth-order valence-corrected chi connectivity index (χ4v) is 4.93. The lowest BCUT2D eigenvalue weighted by atomic mass is 9.69. The van der Waals surface area contributed by atoms with Crippen LogP contribution >= 0.6 is 0 Å². The average molecular weight is 336 g/mol. The highest BCUT2D eigenvalue weighted by Crippen LogP contribution is 2.64. The summed E-state index contributed by atoms with van der Waals surface area (Å²) in [4.78, 5) is 0. The average Bonchev–Trinajstić information content (AvgIpc) is 2.88. The van der Waals surface area contributed by atoms with E-state index in [1.807, 2.05) is 0 Å². The Labute approximate surface area is 144 Å². The number of nitrogens with two attached hydrogens (primary N) is 1. The molecule has 0 amide bonds. The van der Waals surface area contributed by atoms with Crippen molar-refractivity contribution in [2.24, 2.45) is 16.7 Å². The lowest BCUT2D eigenvalue weighted by Gasteiger charge is -2.37. The van der Waals surface area contributed by atoms with E-state index >= 15 is 0 Å². The van der Waals surface area contributed by atoms with Gasteiger partial charge in [-0.1, -0.05) is 39.0 Å². The van der Waals surface area contributed by atoms with E-state index in [0.29, 0.717) is 29.0 Å². The summed E-state index contributed by atoms with van der Waals surface area (Å²) in [6, 6.07) is 7.20. The first-order valence-corrected chi connectivity index (χ1v) is 9.17. The first-order valence-electron chi connectivity index (χ1n) is 9.17. The molecule has 4 heteroatoms. The molecule has 0 unspecified atom stereocenters. The number of aliphatic hydroxyl groups is 1. The van der Waals surface area contributed by atoms with Crippen LogP contribution in [0.5, 0.6) is 0 Å². The molecule has 2 fully saturated rings. The summed E-state index contributed by atoms with van der Waals surface area (Å²) in [5.41, 5.74) is 1.31. The van der Waals surface area contributed by atoms with E-state index in [0.717, 1.165) is 5.92 Å². The van der Waals surface area contributed by atoms with Gasteiger partial charge in [-0.25, -0.2) is 4.39 Å². The molecular formula is C20H31FNO2+. The minimum absolute atomic E-state index is 0.208. The molecule has 3 nitrogen and oxygen atoms in total. The quantitative estimate of drug-likeness (QED) is 0.803. The molecule has 134 valence electrons. The normalized spacial score (nSPS) is 32.2. The van der Waals surface area contributed by atoms with Gasteiger partial charge in [-0.15, -0.1) is 0 Å². The predicted octanol–water partition coefficient (Wildman–Crippen LogP) is 2.48. The molecule has 3 N–H and O–H groups in total. The number of benzene rings is 1. The molecule has 24 heavy (non-hydrogen) atoms. The second-order valence-corrected chi connectivity index (χ2v) is 8.45. The molecule has 0 aliphatic heterocycles. The van der Waals surface area contributed by atoms with Gasteiger partial charge in [-0.05, 0) is 30.2 Å². The van der Waals surface area contributed by atoms with E-state index in [4.69, 9.17) is 4.74 Å². The van der Waals surface area contributed by atoms with Crippen LogP contribution < -0.4 is 5.32 Å². The smallest absolute Gasteiger partial charge is 0.128 e. The topological polar surface area (TPSA) is 46.1 Å². The molecule has 0 aromatic heterocycles. The predicted molar refractivity (Wildman–Crippen MR) is 91.9 cm³/mol. The molecule has 2 aliphatic rings. The maximum atomic E-state index is 13.5. The SMILES string of the molecule is CC1(C)[C@H]2CC[C@]1(C)[C@@H]([NH2+]C[C@H](O)COCc1ccccc1F)C2. The molecule has 0 radical (unpaired) electrons. The van der Waals surface area contributed by atoms with E-state index in [1.165, 1.54) is 25.3 Å². The van der Waals surface area contributed by atoms with Crippen LogP contribution in [0.1, 0.15) is 45.6 Å². The van der Waals surface area contributed by atoms with Crippen LogP contribution in [0.25, 0.3) is 0 Å². The monoisotopic (exact) mass is 336 g/mol. The minimum atomic E-state index is -0.511. The van der Waals surface area contributed by atoms with E-state index in [1.54, 1.807) is 18.2 Å². The third-order valence-electron chi connectivity index (χ3n) is 7.08. The minimum Gasteiger partial charge on any atom is -0.385 e. The van der Waals surface area contributed by atoms with Gasteiger partial charge in [0.25, 0.3) is 0 Å². The van der Waals surface area contributed by atoms with Gasteiger partial charge in [0.2, 0.25) is 0 Å². The van der Waals surface area contributed by atoms with Gasteiger partial charge < -0.3 is 15.2 Å². The van der Waals surface area contributed by atoms with Crippen molar-refractivity contribution in [3.05, 3.63) is 35.6 Å². The van der Waals surface area contributed by atoms with Gasteiger partial charge >= 0.3 is 0 Å². The number of hydrogen-bond acceptors (Lipinski definition) is 2. The van der Waals surface area contributed by atoms with Crippen molar-refractivity contribution in [3.63, 3.8) is 0 Å². The number of quaternary nitrogens is 1. The van der Waals surface area contributed by atoms with E-state index in [-0.39, 0.29) is 19.0 Å². The molecule has 0 saturated heterocycles. The summed E-state index contributed by atoms with van der Waals surface area (Å²) >= 11 is 0. The summed E-state index contributed by atoms with van der Waals surface area (Å²) in [6.45, 7) is 8.35. The van der Waals surface area contributed by atoms with E-state index < -0.39 is 6.10 Å². The first kappa shape index (κ1) is 17.8. The maximum absolute atomic E-state index is 13.5. The molecule has 2 bridgehead atoms. The first-order chi connectivity index (χ1) is 11.3. The third-order valence-corrected chi connectivity index (χ3v) is 7.08. The van der Waals surface area contributed by atoms with Crippen LogP contribution in [0.15, 0.2) is 24.3 Å². The van der Waals surface area contributed by atoms with Crippen LogP contribution in [0.3, 0.4) is 0 Å². The zero-order valence-electron chi connectivity index (χ0n) is 15.1. The standard InChI is InChI=1S/C20H30FNO2/c1-19(2)15-8-9-20(19,3)18(10-15)22-11-16(23)13-24-12-14-6-4-5-7-17(14)21/h4-7,15-16,18,22-23H,8-13H2,1-3H3/p+1/t15-,16-,18-,20+/m0/s1. The van der Waals surface area contributed by atoms with Crippen LogP contribution in [-0.4, -0.2) is 30.4 Å². The second kappa shape index (κ2) is 6.74.